The monoisotopic (exact) mass is 808 g/mol. The Morgan fingerprint density at radius 1 is 0.537 bits per heavy atom. The van der Waals surface area contributed by atoms with Crippen molar-refractivity contribution in [2.24, 2.45) is 0 Å². The Labute approximate surface area is 349 Å². The van der Waals surface area contributed by atoms with Crippen LogP contribution in [0.1, 0.15) is 168 Å². The number of rotatable bonds is 8. The summed E-state index contributed by atoms with van der Waals surface area (Å²) < 4.78 is 5.16. The number of benzene rings is 3. The predicted molar refractivity (Wildman–Crippen MR) is 248 cm³/mol. The quantitative estimate of drug-likeness (QED) is 0.152. The molecule has 0 fully saturated rings. The summed E-state index contributed by atoms with van der Waals surface area (Å²) in [7, 11) is 1.70. The summed E-state index contributed by atoms with van der Waals surface area (Å²) in [5.41, 5.74) is 12.2. The molecule has 5 heteroatoms. The van der Waals surface area contributed by atoms with Gasteiger partial charge in [0.25, 0.3) is 0 Å². The van der Waals surface area contributed by atoms with Gasteiger partial charge in [0, 0.05) is 14.9 Å². The second-order valence-corrected chi connectivity index (χ2v) is 17.9. The molecule has 5 rings (SSSR count). The highest BCUT2D eigenvalue weighted by Gasteiger charge is 2.06. The van der Waals surface area contributed by atoms with Gasteiger partial charge in [-0.15, -0.1) is 11.3 Å². The van der Waals surface area contributed by atoms with E-state index in [-0.39, 0.29) is 0 Å². The van der Waals surface area contributed by atoms with E-state index in [9.17, 15) is 0 Å². The smallest absolute Gasteiger partial charge is 0.119 e. The molecule has 2 heterocycles. The molecule has 0 aliphatic carbocycles. The van der Waals surface area contributed by atoms with Crippen LogP contribution in [0.25, 0.3) is 0 Å². The molecule has 3 aromatic carbocycles. The molecule has 0 N–H and O–H groups in total. The molecule has 1 nitrogen and oxygen atoms in total. The minimum Gasteiger partial charge on any atom is -0.497 e. The number of halogens is 2. The van der Waals surface area contributed by atoms with Gasteiger partial charge < -0.3 is 4.74 Å². The van der Waals surface area contributed by atoms with E-state index in [1.54, 1.807) is 18.4 Å². The van der Waals surface area contributed by atoms with Crippen LogP contribution < -0.4 is 4.74 Å². The van der Waals surface area contributed by atoms with Crippen LogP contribution in [-0.4, -0.2) is 7.11 Å². The first-order chi connectivity index (χ1) is 25.4. The van der Waals surface area contributed by atoms with Gasteiger partial charge >= 0.3 is 0 Å². The molecule has 0 aliphatic rings. The minimum absolute atomic E-state index is 0.563. The number of ether oxygens (including phenoxy) is 1. The summed E-state index contributed by atoms with van der Waals surface area (Å²) in [6, 6.07) is 21.1. The molecule has 0 amide bonds. The molecule has 0 radical (unpaired) electrons. The van der Waals surface area contributed by atoms with Gasteiger partial charge in [-0.25, -0.2) is 0 Å². The summed E-state index contributed by atoms with van der Waals surface area (Å²) in [6.45, 7) is 32.8. The van der Waals surface area contributed by atoms with Crippen LogP contribution in [0.15, 0.2) is 76.8 Å². The highest BCUT2D eigenvalue weighted by Crippen LogP contribution is 2.26. The molecule has 0 unspecified atom stereocenters. The van der Waals surface area contributed by atoms with Crippen molar-refractivity contribution in [1.82, 2.24) is 0 Å². The Balaban J connectivity index is 0.000000339. The van der Waals surface area contributed by atoms with Gasteiger partial charge in [-0.1, -0.05) is 137 Å². The summed E-state index contributed by atoms with van der Waals surface area (Å²) in [5.74, 6) is 4.06. The third kappa shape index (κ3) is 17.5. The van der Waals surface area contributed by atoms with Crippen molar-refractivity contribution in [2.45, 2.75) is 146 Å². The second-order valence-electron chi connectivity index (χ2n) is 15.4. The van der Waals surface area contributed by atoms with Crippen molar-refractivity contribution in [1.29, 1.82) is 0 Å². The van der Waals surface area contributed by atoms with E-state index < -0.39 is 0 Å². The molecule has 0 atom stereocenters. The van der Waals surface area contributed by atoms with Crippen LogP contribution in [-0.2, 0) is 12.8 Å². The van der Waals surface area contributed by atoms with Crippen molar-refractivity contribution < 1.29 is 4.74 Å². The van der Waals surface area contributed by atoms with Gasteiger partial charge in [0.05, 0.1) is 7.11 Å². The van der Waals surface area contributed by atoms with E-state index in [2.05, 4.69) is 169 Å². The zero-order valence-electron chi connectivity index (χ0n) is 36.3. The predicted octanol–water partition coefficient (Wildman–Crippen LogP) is 17.5. The lowest BCUT2D eigenvalue weighted by Crippen LogP contribution is -1.93. The standard InChI is InChI=1S/2C11H15Cl.C11H16O.2C8H12S/c1-4-9-7-10(8(2)3)5-6-11(9)12;1-4-9-5-6-10(8(2)3)7-11(9)12;1-8(2)11-7-10(12-4)6-5-9(11)3;1-6(2)8-5-9-4-7(8)3;1-6(2)8-4-7(3)5-9-8/h2*5-8H,4H2,1-3H3;5-8H,1-4H3;2*4-6H,1-3H3. The fourth-order valence-electron chi connectivity index (χ4n) is 5.52. The van der Waals surface area contributed by atoms with Gasteiger partial charge in [-0.2, -0.15) is 11.3 Å². The Morgan fingerprint density at radius 3 is 1.50 bits per heavy atom. The van der Waals surface area contributed by atoms with E-state index in [0.717, 1.165) is 28.6 Å². The van der Waals surface area contributed by atoms with Crippen LogP contribution in [0.5, 0.6) is 5.75 Å². The highest BCUT2D eigenvalue weighted by atomic mass is 35.5. The van der Waals surface area contributed by atoms with Crippen molar-refractivity contribution in [3.8, 4) is 5.75 Å². The Hall–Kier alpha value is -2.56. The van der Waals surface area contributed by atoms with Crippen LogP contribution >= 0.6 is 45.9 Å². The van der Waals surface area contributed by atoms with Crippen LogP contribution in [0.3, 0.4) is 0 Å². The molecule has 298 valence electrons. The molecule has 0 aliphatic heterocycles. The fourth-order valence-corrected chi connectivity index (χ4v) is 8.02. The first kappa shape index (κ1) is 49.5. The SMILES string of the molecule is CCc1cc(C(C)C)ccc1Cl.CCc1ccc(C(C)C)cc1Cl.COc1ccc(C)c(C(C)C)c1.Cc1csc(C(C)C)c1.Cc1cscc1C(C)C. The summed E-state index contributed by atoms with van der Waals surface area (Å²) in [5, 5.41) is 8.44. The molecule has 2 aromatic heterocycles. The average molecular weight is 810 g/mol. The zero-order valence-corrected chi connectivity index (χ0v) is 39.4. The minimum atomic E-state index is 0.563. The summed E-state index contributed by atoms with van der Waals surface area (Å²) in [6.07, 6.45) is 2.02. The average Bonchev–Trinajstić information content (AvgIpc) is 3.77. The molecular weight excluding hydrogens is 740 g/mol. The van der Waals surface area contributed by atoms with E-state index in [1.165, 1.54) is 54.9 Å². The van der Waals surface area contributed by atoms with Crippen molar-refractivity contribution in [3.63, 3.8) is 0 Å². The largest absolute Gasteiger partial charge is 0.497 e. The van der Waals surface area contributed by atoms with E-state index in [1.807, 2.05) is 23.5 Å². The topological polar surface area (TPSA) is 9.23 Å². The number of hydrogen-bond donors (Lipinski definition) is 0. The lowest BCUT2D eigenvalue weighted by atomic mass is 9.98. The highest BCUT2D eigenvalue weighted by molar-refractivity contribution is 7.10. The first-order valence-electron chi connectivity index (χ1n) is 19.6. The maximum absolute atomic E-state index is 6.07. The zero-order chi connectivity index (χ0) is 41.1. The van der Waals surface area contributed by atoms with Crippen LogP contribution in [0, 0.1) is 20.8 Å². The van der Waals surface area contributed by atoms with Gasteiger partial charge in [0.15, 0.2) is 0 Å². The van der Waals surface area contributed by atoms with Gasteiger partial charge in [0.1, 0.15) is 5.75 Å². The fraction of sp³-hybridized carbons (Fsp3) is 0.469. The Bertz CT molecular complexity index is 1770. The molecular formula is C49H70Cl2OS2. The summed E-state index contributed by atoms with van der Waals surface area (Å²) in [4.78, 5) is 1.49. The molecule has 54 heavy (non-hydrogen) atoms. The third-order valence-corrected chi connectivity index (χ3v) is 12.1. The van der Waals surface area contributed by atoms with E-state index in [0.29, 0.717) is 29.6 Å². The summed E-state index contributed by atoms with van der Waals surface area (Å²) >= 11 is 15.7. The first-order valence-corrected chi connectivity index (χ1v) is 22.2. The molecule has 0 spiro atoms. The number of aryl methyl sites for hydroxylation is 5. The van der Waals surface area contributed by atoms with Gasteiger partial charge in [-0.3, -0.25) is 0 Å². The van der Waals surface area contributed by atoms with Crippen molar-refractivity contribution >= 4 is 45.9 Å². The Kier molecular flexibility index (Phi) is 23.4. The molecule has 5 aromatic rings. The maximum Gasteiger partial charge on any atom is 0.119 e. The lowest BCUT2D eigenvalue weighted by molar-refractivity contribution is 0.414. The van der Waals surface area contributed by atoms with Gasteiger partial charge in [-0.05, 0) is 160 Å². The number of hydrogen-bond acceptors (Lipinski definition) is 3. The van der Waals surface area contributed by atoms with Crippen molar-refractivity contribution in [3.05, 3.63) is 142 Å². The molecule has 0 saturated carbocycles. The molecule has 0 bridgehead atoms. The lowest BCUT2D eigenvalue weighted by Gasteiger charge is -2.10. The maximum atomic E-state index is 6.07. The van der Waals surface area contributed by atoms with Crippen LogP contribution in [0.2, 0.25) is 10.0 Å². The van der Waals surface area contributed by atoms with Crippen molar-refractivity contribution in [2.75, 3.05) is 7.11 Å². The normalized spacial score (nSPS) is 10.6. The second kappa shape index (κ2) is 25.6. The Morgan fingerprint density at radius 2 is 1.11 bits per heavy atom. The van der Waals surface area contributed by atoms with E-state index in [4.69, 9.17) is 27.9 Å². The van der Waals surface area contributed by atoms with E-state index >= 15 is 0 Å². The third-order valence-electron chi connectivity index (χ3n) is 9.19. The number of thiophene rings is 2. The van der Waals surface area contributed by atoms with Gasteiger partial charge in [0.2, 0.25) is 0 Å². The number of methoxy groups -OCH3 is 1. The molecule has 0 saturated heterocycles. The van der Waals surface area contributed by atoms with Crippen LogP contribution in [0.4, 0.5) is 0 Å².